The van der Waals surface area contributed by atoms with Crippen LogP contribution in [0.3, 0.4) is 0 Å². The van der Waals surface area contributed by atoms with Gasteiger partial charge in [0.25, 0.3) is 0 Å². The number of rotatable bonds is 6. The van der Waals surface area contributed by atoms with Crippen molar-refractivity contribution in [2.24, 2.45) is 0 Å². The van der Waals surface area contributed by atoms with E-state index in [1.54, 1.807) is 0 Å². The van der Waals surface area contributed by atoms with E-state index in [0.717, 1.165) is 5.56 Å². The van der Waals surface area contributed by atoms with E-state index >= 15 is 0 Å². The average molecular weight is 383 g/mol. The number of anilines is 1. The van der Waals surface area contributed by atoms with Gasteiger partial charge in [-0.2, -0.15) is 0 Å². The van der Waals surface area contributed by atoms with Crippen LogP contribution in [0.25, 0.3) is 17.2 Å². The second-order valence-corrected chi connectivity index (χ2v) is 6.47. The molecule has 0 radical (unpaired) electrons. The van der Waals surface area contributed by atoms with Crippen molar-refractivity contribution in [3.05, 3.63) is 54.6 Å². The van der Waals surface area contributed by atoms with Crippen LogP contribution in [0.2, 0.25) is 0 Å². The van der Waals surface area contributed by atoms with Gasteiger partial charge in [-0.1, -0.05) is 42.5 Å². The molecule has 1 aliphatic heterocycles. The zero-order valence-electron chi connectivity index (χ0n) is 15.0. The van der Waals surface area contributed by atoms with Gasteiger partial charge in [0.15, 0.2) is 23.2 Å². The molecule has 1 aromatic carbocycles. The molecule has 3 aromatic rings. The molecule has 1 saturated heterocycles. The number of hydrogen-bond donors (Lipinski definition) is 4. The normalized spacial score (nSPS) is 25.0. The van der Waals surface area contributed by atoms with Crippen molar-refractivity contribution in [2.75, 3.05) is 18.5 Å². The van der Waals surface area contributed by atoms with Crippen LogP contribution in [0.4, 0.5) is 5.82 Å². The van der Waals surface area contributed by atoms with Crippen LogP contribution < -0.4 is 5.32 Å². The standard InChI is InChI=1S/C19H21N5O4/c25-9-13-15(26)16(27)19(28-13)24-11-23-14-17(21-10-22-18(14)24)20-8-4-7-12-5-2-1-3-6-12/h1-7,10-11,13,15-16,19,25-27H,8-9H2,(H,20,21,22)/b7-4+/t13-,15-,16-,19-/m1/s1. The number of hydrogen-bond acceptors (Lipinski definition) is 8. The molecule has 0 spiro atoms. The molecule has 9 nitrogen and oxygen atoms in total. The highest BCUT2D eigenvalue weighted by Gasteiger charge is 2.44. The SMILES string of the molecule is OC[C@H]1O[C@@H](n2cnc3c(NC/C=C/c4ccccc4)ncnc32)[C@H](O)[C@@H]1O. The van der Waals surface area contributed by atoms with Gasteiger partial charge in [0.05, 0.1) is 12.9 Å². The fourth-order valence-corrected chi connectivity index (χ4v) is 3.19. The number of ether oxygens (including phenoxy) is 1. The molecule has 3 heterocycles. The Morgan fingerprint density at radius 2 is 1.93 bits per heavy atom. The van der Waals surface area contributed by atoms with E-state index in [9.17, 15) is 15.3 Å². The number of aliphatic hydroxyl groups is 3. The molecule has 0 aliphatic carbocycles. The monoisotopic (exact) mass is 383 g/mol. The number of imidazole rings is 1. The molecule has 0 bridgehead atoms. The largest absolute Gasteiger partial charge is 0.394 e. The van der Waals surface area contributed by atoms with Gasteiger partial charge in [-0.15, -0.1) is 0 Å². The predicted molar refractivity (Wildman–Crippen MR) is 102 cm³/mol. The Bertz CT molecular complexity index is 961. The van der Waals surface area contributed by atoms with Crippen molar-refractivity contribution in [1.82, 2.24) is 19.5 Å². The minimum Gasteiger partial charge on any atom is -0.394 e. The van der Waals surface area contributed by atoms with E-state index in [2.05, 4.69) is 20.3 Å². The van der Waals surface area contributed by atoms with Crippen LogP contribution in [0.5, 0.6) is 0 Å². The molecule has 4 rings (SSSR count). The van der Waals surface area contributed by atoms with Crippen molar-refractivity contribution < 1.29 is 20.1 Å². The molecule has 0 saturated carbocycles. The van der Waals surface area contributed by atoms with Crippen LogP contribution in [0.1, 0.15) is 11.8 Å². The summed E-state index contributed by atoms with van der Waals surface area (Å²) in [6.07, 6.45) is 2.72. The zero-order chi connectivity index (χ0) is 19.5. The number of fused-ring (bicyclic) bond motifs is 1. The highest BCUT2D eigenvalue weighted by Crippen LogP contribution is 2.32. The van der Waals surface area contributed by atoms with Crippen molar-refractivity contribution >= 4 is 23.1 Å². The Hall–Kier alpha value is -2.85. The smallest absolute Gasteiger partial charge is 0.167 e. The summed E-state index contributed by atoms with van der Waals surface area (Å²) in [5, 5.41) is 32.7. The van der Waals surface area contributed by atoms with E-state index in [0.29, 0.717) is 23.5 Å². The summed E-state index contributed by atoms with van der Waals surface area (Å²) >= 11 is 0. The first-order valence-electron chi connectivity index (χ1n) is 8.94. The van der Waals surface area contributed by atoms with Gasteiger partial charge in [0, 0.05) is 6.54 Å². The first-order valence-corrected chi connectivity index (χ1v) is 8.94. The third-order valence-corrected chi connectivity index (χ3v) is 4.65. The van der Waals surface area contributed by atoms with E-state index in [-0.39, 0.29) is 0 Å². The van der Waals surface area contributed by atoms with Gasteiger partial charge in [-0.3, -0.25) is 4.57 Å². The van der Waals surface area contributed by atoms with Crippen LogP contribution in [-0.4, -0.2) is 66.3 Å². The second kappa shape index (κ2) is 8.03. The van der Waals surface area contributed by atoms with Crippen LogP contribution in [0, 0.1) is 0 Å². The van der Waals surface area contributed by atoms with E-state index < -0.39 is 31.1 Å². The lowest BCUT2D eigenvalue weighted by molar-refractivity contribution is -0.0511. The minimum absolute atomic E-state index is 0.392. The van der Waals surface area contributed by atoms with Crippen molar-refractivity contribution in [2.45, 2.75) is 24.5 Å². The summed E-state index contributed by atoms with van der Waals surface area (Å²) in [5.74, 6) is 0.549. The topological polar surface area (TPSA) is 126 Å². The summed E-state index contributed by atoms with van der Waals surface area (Å²) in [6, 6.07) is 9.96. The van der Waals surface area contributed by atoms with Crippen molar-refractivity contribution in [1.29, 1.82) is 0 Å². The lowest BCUT2D eigenvalue weighted by atomic mass is 10.1. The molecule has 1 fully saturated rings. The third kappa shape index (κ3) is 3.48. The van der Waals surface area contributed by atoms with Crippen LogP contribution in [-0.2, 0) is 4.74 Å². The first kappa shape index (κ1) is 18.5. The molecule has 4 atom stereocenters. The summed E-state index contributed by atoms with van der Waals surface area (Å²) in [6.45, 7) is 0.151. The van der Waals surface area contributed by atoms with Crippen LogP contribution in [0.15, 0.2) is 49.1 Å². The van der Waals surface area contributed by atoms with Crippen LogP contribution >= 0.6 is 0 Å². The minimum atomic E-state index is -1.20. The lowest BCUT2D eigenvalue weighted by Gasteiger charge is -2.16. The van der Waals surface area contributed by atoms with Gasteiger partial charge in [-0.05, 0) is 5.56 Å². The molecular formula is C19H21N5O4. The Kier molecular flexibility index (Phi) is 5.31. The maximum Gasteiger partial charge on any atom is 0.167 e. The number of aliphatic hydroxyl groups excluding tert-OH is 3. The van der Waals surface area contributed by atoms with Gasteiger partial charge in [0.2, 0.25) is 0 Å². The molecule has 0 amide bonds. The van der Waals surface area contributed by atoms with Gasteiger partial charge in [-0.25, -0.2) is 15.0 Å². The average Bonchev–Trinajstić information content (AvgIpc) is 3.28. The lowest BCUT2D eigenvalue weighted by Crippen LogP contribution is -2.33. The fourth-order valence-electron chi connectivity index (χ4n) is 3.19. The van der Waals surface area contributed by atoms with Gasteiger partial charge in [0.1, 0.15) is 24.6 Å². The Labute approximate surface area is 161 Å². The Balaban J connectivity index is 1.52. The number of nitrogens with one attached hydrogen (secondary N) is 1. The third-order valence-electron chi connectivity index (χ3n) is 4.65. The molecule has 2 aromatic heterocycles. The molecule has 0 unspecified atom stereocenters. The molecule has 9 heteroatoms. The Morgan fingerprint density at radius 3 is 2.68 bits per heavy atom. The van der Waals surface area contributed by atoms with E-state index in [1.165, 1.54) is 17.2 Å². The van der Waals surface area contributed by atoms with Gasteiger partial charge >= 0.3 is 0 Å². The fraction of sp³-hybridized carbons (Fsp3) is 0.316. The maximum atomic E-state index is 10.2. The molecule has 28 heavy (non-hydrogen) atoms. The number of aromatic nitrogens is 4. The molecular weight excluding hydrogens is 362 g/mol. The summed E-state index contributed by atoms with van der Waals surface area (Å²) in [5.41, 5.74) is 2.08. The number of benzene rings is 1. The summed E-state index contributed by atoms with van der Waals surface area (Å²) in [4.78, 5) is 12.8. The highest BCUT2D eigenvalue weighted by atomic mass is 16.6. The molecule has 146 valence electrons. The second-order valence-electron chi connectivity index (χ2n) is 6.47. The Morgan fingerprint density at radius 1 is 1.11 bits per heavy atom. The maximum absolute atomic E-state index is 10.2. The molecule has 4 N–H and O–H groups in total. The van der Waals surface area contributed by atoms with E-state index in [1.807, 2.05) is 42.5 Å². The highest BCUT2D eigenvalue weighted by molar-refractivity contribution is 5.82. The van der Waals surface area contributed by atoms with Crippen molar-refractivity contribution in [3.63, 3.8) is 0 Å². The zero-order valence-corrected chi connectivity index (χ0v) is 15.0. The van der Waals surface area contributed by atoms with Gasteiger partial charge < -0.3 is 25.4 Å². The first-order chi connectivity index (χ1) is 13.7. The van der Waals surface area contributed by atoms with E-state index in [4.69, 9.17) is 4.74 Å². The number of nitrogens with zero attached hydrogens (tertiary/aromatic N) is 4. The summed E-state index contributed by atoms with van der Waals surface area (Å²) in [7, 11) is 0. The quantitative estimate of drug-likeness (QED) is 0.487. The van der Waals surface area contributed by atoms with Crippen molar-refractivity contribution in [3.8, 4) is 0 Å². The molecule has 1 aliphatic rings. The summed E-state index contributed by atoms with van der Waals surface area (Å²) < 4.78 is 7.09. The predicted octanol–water partition coefficient (Wildman–Crippen LogP) is 0.563.